The highest BCUT2D eigenvalue weighted by atomic mass is 19.1. The van der Waals surface area contributed by atoms with Crippen molar-refractivity contribution in [1.82, 2.24) is 9.88 Å². The molecule has 3 aromatic rings. The van der Waals surface area contributed by atoms with Gasteiger partial charge in [0.25, 0.3) is 0 Å². The van der Waals surface area contributed by atoms with E-state index < -0.39 is 0 Å². The van der Waals surface area contributed by atoms with Crippen molar-refractivity contribution in [2.75, 3.05) is 25.1 Å². The quantitative estimate of drug-likeness (QED) is 0.462. The van der Waals surface area contributed by atoms with Crippen LogP contribution in [0.25, 0.3) is 10.9 Å². The molecule has 2 heterocycles. The summed E-state index contributed by atoms with van der Waals surface area (Å²) in [6, 6.07) is 14.6. The van der Waals surface area contributed by atoms with Crippen LogP contribution in [-0.2, 0) is 17.9 Å². The van der Waals surface area contributed by atoms with Crippen LogP contribution in [0.5, 0.6) is 5.75 Å². The normalized spacial score (nSPS) is 17.2. The lowest BCUT2D eigenvalue weighted by atomic mass is 9.88. The maximum Gasteiger partial charge on any atom is 0.226 e. The number of carbonyl (C=O) groups is 1. The van der Waals surface area contributed by atoms with Crippen LogP contribution in [0.2, 0.25) is 0 Å². The number of fused-ring (bicyclic) bond motifs is 1. The van der Waals surface area contributed by atoms with E-state index in [0.717, 1.165) is 53.8 Å². The standard InChI is InChI=1S/C30H36FN3O3/c1-37-27-11-7-21(8-12-27)19-34(30(36)22-5-3-2-4-6-22)20-24-17-23-9-10-25(31)18-28(23)32-29(24)33-15-13-26(35)14-16-33/h7-12,17-18,22,26,35H,2-6,13-16,19-20H2,1H3. The highest BCUT2D eigenvalue weighted by Gasteiger charge is 2.28. The summed E-state index contributed by atoms with van der Waals surface area (Å²) < 4.78 is 19.3. The largest absolute Gasteiger partial charge is 0.497 e. The van der Waals surface area contributed by atoms with Crippen LogP contribution < -0.4 is 9.64 Å². The van der Waals surface area contributed by atoms with Crippen molar-refractivity contribution >= 4 is 22.6 Å². The van der Waals surface area contributed by atoms with E-state index in [-0.39, 0.29) is 23.7 Å². The van der Waals surface area contributed by atoms with Crippen LogP contribution in [0.4, 0.5) is 10.2 Å². The van der Waals surface area contributed by atoms with E-state index in [2.05, 4.69) is 11.0 Å². The number of ether oxygens (including phenoxy) is 1. The van der Waals surface area contributed by atoms with E-state index in [0.29, 0.717) is 44.5 Å². The molecule has 0 bridgehead atoms. The first-order valence-electron chi connectivity index (χ1n) is 13.4. The minimum absolute atomic E-state index is 0.0445. The number of aromatic nitrogens is 1. The third-order valence-electron chi connectivity index (χ3n) is 7.76. The maximum absolute atomic E-state index is 14.0. The molecular weight excluding hydrogens is 469 g/mol. The summed E-state index contributed by atoms with van der Waals surface area (Å²) in [6.45, 7) is 2.28. The lowest BCUT2D eigenvalue weighted by Crippen LogP contribution is -2.39. The van der Waals surface area contributed by atoms with Gasteiger partial charge >= 0.3 is 0 Å². The molecule has 37 heavy (non-hydrogen) atoms. The van der Waals surface area contributed by atoms with Gasteiger partial charge < -0.3 is 19.6 Å². The van der Waals surface area contributed by atoms with E-state index in [1.54, 1.807) is 13.2 Å². The smallest absolute Gasteiger partial charge is 0.226 e. The third kappa shape index (κ3) is 6.04. The number of aliphatic hydroxyl groups excluding tert-OH is 1. The van der Waals surface area contributed by atoms with E-state index in [4.69, 9.17) is 9.72 Å². The van der Waals surface area contributed by atoms with Crippen molar-refractivity contribution in [3.8, 4) is 5.75 Å². The van der Waals surface area contributed by atoms with Crippen molar-refractivity contribution in [2.45, 2.75) is 64.1 Å². The van der Waals surface area contributed by atoms with Crippen LogP contribution in [0, 0.1) is 11.7 Å². The zero-order valence-corrected chi connectivity index (χ0v) is 21.5. The monoisotopic (exact) mass is 505 g/mol. The fourth-order valence-corrected chi connectivity index (χ4v) is 5.62. The van der Waals surface area contributed by atoms with Gasteiger partial charge in [0.2, 0.25) is 5.91 Å². The summed E-state index contributed by atoms with van der Waals surface area (Å²) in [5.74, 6) is 1.48. The number of halogens is 1. The van der Waals surface area contributed by atoms with Gasteiger partial charge in [-0.1, -0.05) is 31.4 Å². The van der Waals surface area contributed by atoms with Gasteiger partial charge in [0.1, 0.15) is 17.4 Å². The molecule has 1 aromatic heterocycles. The van der Waals surface area contributed by atoms with Gasteiger partial charge in [-0.25, -0.2) is 9.37 Å². The van der Waals surface area contributed by atoms with Crippen molar-refractivity contribution in [2.24, 2.45) is 5.92 Å². The average Bonchev–Trinajstić information content (AvgIpc) is 2.93. The SMILES string of the molecule is COc1ccc(CN(Cc2cc3ccc(F)cc3nc2N2CCC(O)CC2)C(=O)C2CCCCC2)cc1. The molecule has 1 amide bonds. The van der Waals surface area contributed by atoms with Crippen LogP contribution in [0.1, 0.15) is 56.1 Å². The zero-order valence-electron chi connectivity index (χ0n) is 21.5. The fourth-order valence-electron chi connectivity index (χ4n) is 5.62. The fraction of sp³-hybridized carbons (Fsp3) is 0.467. The third-order valence-corrected chi connectivity index (χ3v) is 7.76. The maximum atomic E-state index is 14.0. The Morgan fingerprint density at radius 2 is 1.76 bits per heavy atom. The molecule has 2 aromatic carbocycles. The van der Waals surface area contributed by atoms with Gasteiger partial charge in [-0.3, -0.25) is 4.79 Å². The number of amides is 1. The number of aliphatic hydroxyl groups is 1. The van der Waals surface area contributed by atoms with Crippen molar-refractivity contribution in [3.05, 3.63) is 65.5 Å². The summed E-state index contributed by atoms with van der Waals surface area (Å²) in [6.07, 6.45) is 6.27. The topological polar surface area (TPSA) is 65.9 Å². The van der Waals surface area contributed by atoms with Gasteiger partial charge in [0.15, 0.2) is 0 Å². The summed E-state index contributed by atoms with van der Waals surface area (Å²) in [5.41, 5.74) is 2.60. The lowest BCUT2D eigenvalue weighted by Gasteiger charge is -2.34. The van der Waals surface area contributed by atoms with Crippen molar-refractivity contribution in [3.63, 3.8) is 0 Å². The van der Waals surface area contributed by atoms with E-state index >= 15 is 0 Å². The van der Waals surface area contributed by atoms with E-state index in [9.17, 15) is 14.3 Å². The summed E-state index contributed by atoms with van der Waals surface area (Å²) in [7, 11) is 1.65. The van der Waals surface area contributed by atoms with Crippen LogP contribution in [0.3, 0.4) is 0 Å². The molecule has 7 heteroatoms. The molecule has 6 nitrogen and oxygen atoms in total. The van der Waals surface area contributed by atoms with Gasteiger partial charge in [-0.05, 0) is 61.6 Å². The number of rotatable bonds is 7. The predicted molar refractivity (Wildman–Crippen MR) is 143 cm³/mol. The Bertz CT molecular complexity index is 1220. The molecule has 1 saturated heterocycles. The number of anilines is 1. The zero-order chi connectivity index (χ0) is 25.8. The van der Waals surface area contributed by atoms with Gasteiger partial charge in [0, 0.05) is 49.1 Å². The van der Waals surface area contributed by atoms with E-state index in [1.807, 2.05) is 29.2 Å². The Hall–Kier alpha value is -3.19. The molecule has 2 aliphatic rings. The predicted octanol–water partition coefficient (Wildman–Crippen LogP) is 5.45. The molecule has 1 N–H and O–H groups in total. The van der Waals surface area contributed by atoms with Crippen LogP contribution in [-0.4, -0.2) is 47.2 Å². The number of carbonyl (C=O) groups excluding carboxylic acids is 1. The minimum Gasteiger partial charge on any atom is -0.497 e. The Morgan fingerprint density at radius 3 is 2.46 bits per heavy atom. The van der Waals surface area contributed by atoms with Crippen LogP contribution in [0.15, 0.2) is 48.5 Å². The first-order chi connectivity index (χ1) is 18.0. The molecular formula is C30H36FN3O3. The van der Waals surface area contributed by atoms with Crippen molar-refractivity contribution in [1.29, 1.82) is 0 Å². The molecule has 0 unspecified atom stereocenters. The van der Waals surface area contributed by atoms with E-state index in [1.165, 1.54) is 18.6 Å². The average molecular weight is 506 g/mol. The Balaban J connectivity index is 1.50. The molecule has 1 aliphatic heterocycles. The summed E-state index contributed by atoms with van der Waals surface area (Å²) in [5, 5.41) is 10.9. The molecule has 196 valence electrons. The number of hydrogen-bond acceptors (Lipinski definition) is 5. The number of nitrogens with zero attached hydrogens (tertiary/aromatic N) is 3. The minimum atomic E-state index is -0.318. The molecule has 0 spiro atoms. The highest BCUT2D eigenvalue weighted by molar-refractivity contribution is 5.83. The summed E-state index contributed by atoms with van der Waals surface area (Å²) in [4.78, 5) is 22.9. The molecule has 5 rings (SSSR count). The second-order valence-corrected chi connectivity index (χ2v) is 10.4. The number of pyridine rings is 1. The second kappa shape index (κ2) is 11.5. The Labute approximate surface area is 218 Å². The van der Waals surface area contributed by atoms with Gasteiger partial charge in [-0.15, -0.1) is 0 Å². The number of piperidine rings is 1. The number of benzene rings is 2. The number of hydrogen-bond donors (Lipinski definition) is 1. The second-order valence-electron chi connectivity index (χ2n) is 10.4. The summed E-state index contributed by atoms with van der Waals surface area (Å²) >= 11 is 0. The lowest BCUT2D eigenvalue weighted by molar-refractivity contribution is -0.137. The molecule has 2 fully saturated rings. The molecule has 0 radical (unpaired) electrons. The first-order valence-corrected chi connectivity index (χ1v) is 13.4. The first kappa shape index (κ1) is 25.5. The Morgan fingerprint density at radius 1 is 1.03 bits per heavy atom. The van der Waals surface area contributed by atoms with Gasteiger partial charge in [-0.2, -0.15) is 0 Å². The molecule has 0 atom stereocenters. The number of methoxy groups -OCH3 is 1. The van der Waals surface area contributed by atoms with Gasteiger partial charge in [0.05, 0.1) is 18.7 Å². The van der Waals surface area contributed by atoms with Crippen LogP contribution >= 0.6 is 0 Å². The Kier molecular flexibility index (Phi) is 7.89. The highest BCUT2D eigenvalue weighted by Crippen LogP contribution is 2.31. The molecule has 1 aliphatic carbocycles. The molecule has 1 saturated carbocycles. The van der Waals surface area contributed by atoms with Crippen molar-refractivity contribution < 1.29 is 19.0 Å².